The molecule has 0 saturated heterocycles. The van der Waals surface area contributed by atoms with Crippen molar-refractivity contribution in [3.63, 3.8) is 0 Å². The molecule has 3 N–H and O–H groups in total. The third-order valence-corrected chi connectivity index (χ3v) is 3.57. The second kappa shape index (κ2) is 5.13. The van der Waals surface area contributed by atoms with Crippen LogP contribution in [-0.4, -0.2) is 42.0 Å². The predicted octanol–water partition coefficient (Wildman–Crippen LogP) is 0.895. The number of hydrogen-bond acceptors (Lipinski definition) is 5. The number of hydrogen-bond donors (Lipinski definition) is 3. The van der Waals surface area contributed by atoms with Crippen LogP contribution in [0, 0.1) is 0 Å². The van der Waals surface area contributed by atoms with Gasteiger partial charge in [0.25, 0.3) is 0 Å². The van der Waals surface area contributed by atoms with Crippen LogP contribution in [0.15, 0.2) is 35.4 Å². The summed E-state index contributed by atoms with van der Waals surface area (Å²) in [4.78, 5) is 18.1. The lowest BCUT2D eigenvalue weighted by atomic mass is 10.2. The molecule has 0 fully saturated rings. The number of benzene rings is 1. The summed E-state index contributed by atoms with van der Waals surface area (Å²) in [6, 6.07) is 5.68. The Morgan fingerprint density at radius 1 is 1.26 bits per heavy atom. The normalized spacial score (nSPS) is 11.2. The summed E-state index contributed by atoms with van der Waals surface area (Å²) in [6.07, 6.45) is 3.49. The minimum absolute atomic E-state index is 0.336. The van der Waals surface area contributed by atoms with Crippen molar-refractivity contribution in [1.29, 1.82) is 0 Å². The highest BCUT2D eigenvalue weighted by atomic mass is 16.5. The quantitative estimate of drug-likeness (QED) is 0.517. The van der Waals surface area contributed by atoms with Crippen molar-refractivity contribution >= 4 is 10.9 Å². The second-order valence-electron chi connectivity index (χ2n) is 4.99. The number of nitrogens with zero attached hydrogens (tertiary/aromatic N) is 4. The van der Waals surface area contributed by atoms with E-state index in [1.807, 2.05) is 29.0 Å². The lowest BCUT2D eigenvalue weighted by molar-refractivity contribution is 0.415. The van der Waals surface area contributed by atoms with Crippen LogP contribution in [0.5, 0.6) is 5.75 Å². The van der Waals surface area contributed by atoms with Crippen molar-refractivity contribution in [3.8, 4) is 17.3 Å². The maximum Gasteiger partial charge on any atom is 0.340 e. The van der Waals surface area contributed by atoms with Crippen LogP contribution >= 0.6 is 0 Å². The van der Waals surface area contributed by atoms with Crippen LogP contribution in [0.3, 0.4) is 0 Å². The Morgan fingerprint density at radius 2 is 2.17 bits per heavy atom. The molecule has 0 spiro atoms. The first-order valence-electron chi connectivity index (χ1n) is 6.92. The molecule has 23 heavy (non-hydrogen) atoms. The van der Waals surface area contributed by atoms with Gasteiger partial charge < -0.3 is 9.30 Å². The Kier molecular flexibility index (Phi) is 2.97. The molecule has 0 atom stereocenters. The highest BCUT2D eigenvalue weighted by Gasteiger charge is 2.15. The van der Waals surface area contributed by atoms with Crippen molar-refractivity contribution in [2.24, 2.45) is 0 Å². The van der Waals surface area contributed by atoms with Gasteiger partial charge in [0.15, 0.2) is 11.6 Å². The first-order chi connectivity index (χ1) is 11.2. The highest BCUT2D eigenvalue weighted by Crippen LogP contribution is 2.28. The fourth-order valence-electron chi connectivity index (χ4n) is 2.49. The van der Waals surface area contributed by atoms with E-state index in [0.29, 0.717) is 23.9 Å². The second-order valence-corrected chi connectivity index (χ2v) is 4.99. The molecule has 0 aliphatic rings. The number of aromatic amines is 3. The molecule has 0 amide bonds. The van der Waals surface area contributed by atoms with Gasteiger partial charge in [-0.15, -0.1) is 0 Å². The topological polar surface area (TPSA) is 117 Å². The van der Waals surface area contributed by atoms with Crippen LogP contribution in [0.2, 0.25) is 0 Å². The summed E-state index contributed by atoms with van der Waals surface area (Å²) >= 11 is 0. The van der Waals surface area contributed by atoms with Crippen molar-refractivity contribution < 1.29 is 4.74 Å². The number of nitrogens with one attached hydrogen (secondary N) is 3. The zero-order valence-electron chi connectivity index (χ0n) is 12.2. The largest absolute Gasteiger partial charge is 0.497 e. The smallest absolute Gasteiger partial charge is 0.340 e. The van der Waals surface area contributed by atoms with E-state index in [9.17, 15) is 4.79 Å². The molecule has 0 aliphatic carbocycles. The molecule has 1 aromatic carbocycles. The summed E-state index contributed by atoms with van der Waals surface area (Å²) in [5.74, 6) is 1.94. The van der Waals surface area contributed by atoms with Crippen molar-refractivity contribution in [3.05, 3.63) is 46.9 Å². The summed E-state index contributed by atoms with van der Waals surface area (Å²) in [5.41, 5.74) is 1.27. The summed E-state index contributed by atoms with van der Waals surface area (Å²) in [5, 5.41) is 14.5. The lowest BCUT2D eigenvalue weighted by Gasteiger charge is -2.04. The molecular weight excluding hydrogens is 298 g/mol. The molecule has 0 radical (unpaired) electrons. The Bertz CT molecular complexity index is 1020. The zero-order chi connectivity index (χ0) is 15.8. The number of aromatic nitrogens is 7. The lowest BCUT2D eigenvalue weighted by Crippen LogP contribution is -2.05. The molecule has 4 rings (SSSR count). The van der Waals surface area contributed by atoms with E-state index in [4.69, 9.17) is 4.74 Å². The van der Waals surface area contributed by atoms with Crippen molar-refractivity contribution in [1.82, 2.24) is 34.9 Å². The average Bonchev–Trinajstić information content (AvgIpc) is 3.27. The standard InChI is InChI=1S/C14H13N7O2/c1-23-8-2-3-10-9(6-8)12(19-17-10)13-15-4-5-21(13)7-11-16-14(22)20-18-11/h2-6H,7H2,1H3,(H,17,19)(H2,16,18,20,22). The van der Waals surface area contributed by atoms with Crippen molar-refractivity contribution in [2.75, 3.05) is 7.11 Å². The van der Waals surface area contributed by atoms with E-state index in [1.54, 1.807) is 13.3 Å². The third-order valence-electron chi connectivity index (χ3n) is 3.57. The first kappa shape index (κ1) is 13.3. The number of imidazole rings is 1. The third kappa shape index (κ3) is 2.27. The number of methoxy groups -OCH3 is 1. The van der Waals surface area contributed by atoms with Gasteiger partial charge in [-0.25, -0.2) is 14.9 Å². The number of rotatable bonds is 4. The van der Waals surface area contributed by atoms with E-state index in [-0.39, 0.29) is 5.69 Å². The van der Waals surface area contributed by atoms with E-state index in [2.05, 4.69) is 30.4 Å². The van der Waals surface area contributed by atoms with Crippen LogP contribution < -0.4 is 10.4 Å². The maximum atomic E-state index is 11.1. The molecular formula is C14H13N7O2. The van der Waals surface area contributed by atoms with Crippen LogP contribution in [0.1, 0.15) is 5.82 Å². The number of H-pyrrole nitrogens is 3. The van der Waals surface area contributed by atoms with E-state index >= 15 is 0 Å². The zero-order valence-corrected chi connectivity index (χ0v) is 12.2. The van der Waals surface area contributed by atoms with Gasteiger partial charge in [0.05, 0.1) is 19.2 Å². The van der Waals surface area contributed by atoms with E-state index in [1.165, 1.54) is 0 Å². The Labute approximate surface area is 129 Å². The molecule has 0 bridgehead atoms. The minimum atomic E-state index is -0.336. The summed E-state index contributed by atoms with van der Waals surface area (Å²) in [6.45, 7) is 0.381. The fraction of sp³-hybridized carbons (Fsp3) is 0.143. The number of ether oxygens (including phenoxy) is 1. The first-order valence-corrected chi connectivity index (χ1v) is 6.92. The molecule has 0 saturated carbocycles. The highest BCUT2D eigenvalue weighted by molar-refractivity contribution is 5.92. The van der Waals surface area contributed by atoms with Gasteiger partial charge in [-0.3, -0.25) is 10.1 Å². The SMILES string of the molecule is COc1ccc2[nH]nc(-c3nccn3Cc3n[nH]c(=O)[nH]3)c2c1. The fourth-order valence-corrected chi connectivity index (χ4v) is 2.49. The molecule has 3 aromatic heterocycles. The molecule has 9 heteroatoms. The summed E-state index contributed by atoms with van der Waals surface area (Å²) in [7, 11) is 1.62. The molecule has 0 unspecified atom stereocenters. The monoisotopic (exact) mass is 311 g/mol. The Hall–Kier alpha value is -3.36. The average molecular weight is 311 g/mol. The van der Waals surface area contributed by atoms with Gasteiger partial charge in [-0.1, -0.05) is 0 Å². The summed E-state index contributed by atoms with van der Waals surface area (Å²) < 4.78 is 7.13. The van der Waals surface area contributed by atoms with Crippen LogP contribution in [-0.2, 0) is 6.54 Å². The number of fused-ring (bicyclic) bond motifs is 1. The predicted molar refractivity (Wildman–Crippen MR) is 82.2 cm³/mol. The van der Waals surface area contributed by atoms with Gasteiger partial charge in [-0.05, 0) is 18.2 Å². The Balaban J connectivity index is 1.79. The van der Waals surface area contributed by atoms with Crippen molar-refractivity contribution in [2.45, 2.75) is 6.54 Å². The molecule has 4 aromatic rings. The van der Waals surface area contributed by atoms with E-state index in [0.717, 1.165) is 16.7 Å². The molecule has 9 nitrogen and oxygen atoms in total. The van der Waals surface area contributed by atoms with Gasteiger partial charge in [-0.2, -0.15) is 10.2 Å². The van der Waals surface area contributed by atoms with Crippen LogP contribution in [0.4, 0.5) is 0 Å². The van der Waals surface area contributed by atoms with E-state index < -0.39 is 0 Å². The molecule has 116 valence electrons. The van der Waals surface area contributed by atoms with Gasteiger partial charge in [0.2, 0.25) is 0 Å². The minimum Gasteiger partial charge on any atom is -0.497 e. The Morgan fingerprint density at radius 3 is 2.96 bits per heavy atom. The van der Waals surface area contributed by atoms with Gasteiger partial charge >= 0.3 is 5.69 Å². The van der Waals surface area contributed by atoms with Crippen LogP contribution in [0.25, 0.3) is 22.4 Å². The van der Waals surface area contributed by atoms with Gasteiger partial charge in [0, 0.05) is 17.8 Å². The maximum absolute atomic E-state index is 11.1. The van der Waals surface area contributed by atoms with Gasteiger partial charge in [0.1, 0.15) is 11.4 Å². The molecule has 3 heterocycles. The molecule has 0 aliphatic heterocycles.